The zero-order valence-electron chi connectivity index (χ0n) is 8.16. The molecule has 3 heteroatoms. The summed E-state index contributed by atoms with van der Waals surface area (Å²) < 4.78 is 5.30. The minimum absolute atomic E-state index is 0.245. The molecule has 3 N–H and O–H groups in total. The fourth-order valence-corrected chi connectivity index (χ4v) is 1.16. The molecule has 0 bridgehead atoms. The summed E-state index contributed by atoms with van der Waals surface area (Å²) in [5.41, 5.74) is 3.50. The quantitative estimate of drug-likeness (QED) is 0.426. The van der Waals surface area contributed by atoms with Crippen LogP contribution in [0.2, 0.25) is 0 Å². The first kappa shape index (κ1) is 10.6. The van der Waals surface area contributed by atoms with E-state index in [1.807, 2.05) is 31.2 Å². The minimum atomic E-state index is -0.245. The van der Waals surface area contributed by atoms with Crippen molar-refractivity contribution in [2.45, 2.75) is 13.0 Å². The molecule has 74 valence electrons. The Morgan fingerprint density at radius 2 is 2.14 bits per heavy atom. The predicted molar refractivity (Wildman–Crippen MR) is 56.5 cm³/mol. The number of hydrogen-bond donors (Lipinski definition) is 2. The Kier molecular flexibility index (Phi) is 3.99. The third-order valence-electron chi connectivity index (χ3n) is 1.86. The second kappa shape index (κ2) is 5.28. The van der Waals surface area contributed by atoms with Crippen molar-refractivity contribution < 1.29 is 4.74 Å². The summed E-state index contributed by atoms with van der Waals surface area (Å²) in [5.74, 6) is 8.67. The van der Waals surface area contributed by atoms with E-state index >= 15 is 0 Å². The molecule has 1 rings (SSSR count). The van der Waals surface area contributed by atoms with Crippen molar-refractivity contribution in [1.29, 1.82) is 0 Å². The summed E-state index contributed by atoms with van der Waals surface area (Å²) in [6.45, 7) is 2.60. The molecule has 0 aliphatic heterocycles. The molecule has 0 fully saturated rings. The van der Waals surface area contributed by atoms with Crippen molar-refractivity contribution in [2.75, 3.05) is 6.61 Å². The van der Waals surface area contributed by atoms with Gasteiger partial charge in [-0.15, -0.1) is 6.42 Å². The van der Waals surface area contributed by atoms with Crippen LogP contribution in [0.3, 0.4) is 0 Å². The van der Waals surface area contributed by atoms with Gasteiger partial charge in [-0.05, 0) is 24.6 Å². The average Bonchev–Trinajstić information content (AvgIpc) is 2.23. The summed E-state index contributed by atoms with van der Waals surface area (Å²) >= 11 is 0. The molecule has 0 radical (unpaired) electrons. The number of terminal acetylenes is 1. The highest BCUT2D eigenvalue weighted by Gasteiger charge is 2.04. The van der Waals surface area contributed by atoms with Crippen LogP contribution in [0.25, 0.3) is 0 Å². The van der Waals surface area contributed by atoms with E-state index in [1.54, 1.807) is 0 Å². The summed E-state index contributed by atoms with van der Waals surface area (Å²) in [6, 6.07) is 7.30. The lowest BCUT2D eigenvalue weighted by molar-refractivity contribution is 0.340. The van der Waals surface area contributed by atoms with Crippen LogP contribution in [0.15, 0.2) is 24.3 Å². The lowest BCUT2D eigenvalue weighted by Gasteiger charge is -2.10. The Morgan fingerprint density at radius 1 is 1.50 bits per heavy atom. The van der Waals surface area contributed by atoms with E-state index < -0.39 is 0 Å². The smallest absolute Gasteiger partial charge is 0.119 e. The fourth-order valence-electron chi connectivity index (χ4n) is 1.16. The highest BCUT2D eigenvalue weighted by Crippen LogP contribution is 2.16. The molecular formula is C11H14N2O. The van der Waals surface area contributed by atoms with Gasteiger partial charge in [0.2, 0.25) is 0 Å². The van der Waals surface area contributed by atoms with Crippen LogP contribution < -0.4 is 16.0 Å². The molecule has 1 aromatic carbocycles. The average molecular weight is 190 g/mol. The van der Waals surface area contributed by atoms with E-state index in [0.29, 0.717) is 6.61 Å². The van der Waals surface area contributed by atoms with Crippen molar-refractivity contribution >= 4 is 0 Å². The molecule has 0 heterocycles. The van der Waals surface area contributed by atoms with E-state index in [4.69, 9.17) is 17.0 Å². The number of ether oxygens (including phenoxy) is 1. The van der Waals surface area contributed by atoms with Crippen LogP contribution in [0.4, 0.5) is 0 Å². The first-order valence-corrected chi connectivity index (χ1v) is 4.46. The van der Waals surface area contributed by atoms with Crippen molar-refractivity contribution in [1.82, 2.24) is 5.43 Å². The van der Waals surface area contributed by atoms with Gasteiger partial charge in [0.05, 0.1) is 6.61 Å². The van der Waals surface area contributed by atoms with Gasteiger partial charge >= 0.3 is 0 Å². The van der Waals surface area contributed by atoms with E-state index in [-0.39, 0.29) is 6.04 Å². The topological polar surface area (TPSA) is 47.3 Å². The van der Waals surface area contributed by atoms with Gasteiger partial charge in [0.25, 0.3) is 0 Å². The molecule has 1 unspecified atom stereocenters. The highest BCUT2D eigenvalue weighted by atomic mass is 16.5. The standard InChI is InChI=1S/C11H14N2O/c1-3-11(13-12)9-5-7-10(8-6-9)14-4-2/h1,5-8,11,13H,4,12H2,2H3. The molecule has 1 atom stereocenters. The summed E-state index contributed by atoms with van der Waals surface area (Å²) in [7, 11) is 0. The van der Waals surface area contributed by atoms with Gasteiger partial charge < -0.3 is 4.74 Å². The van der Waals surface area contributed by atoms with E-state index in [0.717, 1.165) is 11.3 Å². The number of hydrazine groups is 1. The monoisotopic (exact) mass is 190 g/mol. The number of hydrogen-bond acceptors (Lipinski definition) is 3. The summed E-state index contributed by atoms with van der Waals surface area (Å²) in [4.78, 5) is 0. The van der Waals surface area contributed by atoms with Crippen LogP contribution in [0.1, 0.15) is 18.5 Å². The molecule has 0 saturated heterocycles. The third kappa shape index (κ3) is 2.49. The minimum Gasteiger partial charge on any atom is -0.494 e. The van der Waals surface area contributed by atoms with Crippen molar-refractivity contribution in [3.63, 3.8) is 0 Å². The Labute approximate surface area is 84.2 Å². The summed E-state index contributed by atoms with van der Waals surface area (Å²) in [6.07, 6.45) is 5.29. The zero-order chi connectivity index (χ0) is 10.4. The maximum Gasteiger partial charge on any atom is 0.119 e. The van der Waals surface area contributed by atoms with Gasteiger partial charge in [-0.3, -0.25) is 5.84 Å². The van der Waals surface area contributed by atoms with E-state index in [1.165, 1.54) is 0 Å². The maximum atomic E-state index is 5.30. The Balaban J connectivity index is 2.77. The van der Waals surface area contributed by atoms with Gasteiger partial charge in [-0.25, -0.2) is 5.43 Å². The first-order chi connectivity index (χ1) is 6.81. The van der Waals surface area contributed by atoms with Crippen LogP contribution in [-0.4, -0.2) is 6.61 Å². The van der Waals surface area contributed by atoms with E-state index in [2.05, 4.69) is 11.3 Å². The predicted octanol–water partition coefficient (Wildman–Crippen LogP) is 1.22. The maximum absolute atomic E-state index is 5.30. The number of nitrogens with one attached hydrogen (secondary N) is 1. The van der Waals surface area contributed by atoms with Crippen molar-refractivity contribution in [2.24, 2.45) is 5.84 Å². The molecule has 0 aromatic heterocycles. The number of nitrogens with two attached hydrogens (primary N) is 1. The lowest BCUT2D eigenvalue weighted by Crippen LogP contribution is -2.26. The van der Waals surface area contributed by atoms with E-state index in [9.17, 15) is 0 Å². The first-order valence-electron chi connectivity index (χ1n) is 4.46. The highest BCUT2D eigenvalue weighted by molar-refractivity contribution is 5.32. The number of benzene rings is 1. The Hall–Kier alpha value is -1.50. The van der Waals surface area contributed by atoms with Gasteiger partial charge in [0.1, 0.15) is 11.8 Å². The van der Waals surface area contributed by atoms with Crippen molar-refractivity contribution in [3.8, 4) is 18.1 Å². The third-order valence-corrected chi connectivity index (χ3v) is 1.86. The SMILES string of the molecule is C#CC(NN)c1ccc(OCC)cc1. The van der Waals surface area contributed by atoms with Crippen molar-refractivity contribution in [3.05, 3.63) is 29.8 Å². The van der Waals surface area contributed by atoms with Gasteiger partial charge in [-0.2, -0.15) is 0 Å². The Morgan fingerprint density at radius 3 is 2.57 bits per heavy atom. The molecule has 0 aliphatic rings. The van der Waals surface area contributed by atoms with Crippen LogP contribution >= 0.6 is 0 Å². The second-order valence-corrected chi connectivity index (χ2v) is 2.77. The molecule has 1 aromatic rings. The molecule has 0 aliphatic carbocycles. The normalized spacial score (nSPS) is 11.8. The lowest BCUT2D eigenvalue weighted by atomic mass is 10.1. The largest absolute Gasteiger partial charge is 0.494 e. The number of rotatable bonds is 4. The van der Waals surface area contributed by atoms with Crippen LogP contribution in [0, 0.1) is 12.3 Å². The zero-order valence-corrected chi connectivity index (χ0v) is 8.16. The summed E-state index contributed by atoms with van der Waals surface area (Å²) in [5, 5.41) is 0. The van der Waals surface area contributed by atoms with Gasteiger partial charge in [-0.1, -0.05) is 18.1 Å². The van der Waals surface area contributed by atoms with Crippen LogP contribution in [-0.2, 0) is 0 Å². The molecule has 0 saturated carbocycles. The molecular weight excluding hydrogens is 176 g/mol. The molecule has 0 spiro atoms. The van der Waals surface area contributed by atoms with Crippen LogP contribution in [0.5, 0.6) is 5.75 Å². The molecule has 3 nitrogen and oxygen atoms in total. The van der Waals surface area contributed by atoms with Gasteiger partial charge in [0.15, 0.2) is 0 Å². The molecule has 14 heavy (non-hydrogen) atoms. The second-order valence-electron chi connectivity index (χ2n) is 2.77. The molecule has 0 amide bonds. The Bertz CT molecular complexity index is 313. The fraction of sp³-hybridized carbons (Fsp3) is 0.273. The van der Waals surface area contributed by atoms with Gasteiger partial charge in [0, 0.05) is 0 Å².